The van der Waals surface area contributed by atoms with E-state index in [2.05, 4.69) is 44.8 Å². The number of halogens is 1. The van der Waals surface area contributed by atoms with Crippen molar-refractivity contribution < 1.29 is 4.74 Å². The second-order valence-corrected chi connectivity index (χ2v) is 4.13. The molecule has 0 atom stereocenters. The summed E-state index contributed by atoms with van der Waals surface area (Å²) in [4.78, 5) is 8.78. The largest absolute Gasteiger partial charge is 0.374 e. The van der Waals surface area contributed by atoms with Crippen molar-refractivity contribution in [1.29, 1.82) is 0 Å². The number of rotatable bonds is 5. The minimum atomic E-state index is 0.479. The fourth-order valence-corrected chi connectivity index (χ4v) is 1.59. The molecule has 0 saturated heterocycles. The summed E-state index contributed by atoms with van der Waals surface area (Å²) >= 11 is 2.25. The van der Waals surface area contributed by atoms with E-state index >= 15 is 0 Å². The van der Waals surface area contributed by atoms with E-state index in [1.807, 2.05) is 13.8 Å². The van der Waals surface area contributed by atoms with Crippen LogP contribution in [0.1, 0.15) is 25.4 Å². The molecule has 0 bridgehead atoms. The van der Waals surface area contributed by atoms with Gasteiger partial charge in [-0.05, 0) is 43.4 Å². The maximum atomic E-state index is 5.29. The number of hydrogen-bond donors (Lipinski definition) is 1. The summed E-state index contributed by atoms with van der Waals surface area (Å²) in [5.41, 5.74) is 0.997. The molecule has 1 heterocycles. The van der Waals surface area contributed by atoms with Crippen LogP contribution in [0.15, 0.2) is 0 Å². The van der Waals surface area contributed by atoms with Crippen LogP contribution in [0.5, 0.6) is 0 Å². The molecule has 0 aromatic carbocycles. The van der Waals surface area contributed by atoms with Crippen molar-refractivity contribution in [2.75, 3.05) is 18.5 Å². The second kappa shape index (κ2) is 6.22. The summed E-state index contributed by atoms with van der Waals surface area (Å²) in [7, 11) is 0. The number of nitrogens with zero attached hydrogens (tertiary/aromatic N) is 2. The fraction of sp³-hybridized carbons (Fsp3) is 0.600. The third-order valence-corrected chi connectivity index (χ3v) is 3.13. The Kier molecular flexibility index (Phi) is 5.24. The second-order valence-electron chi connectivity index (χ2n) is 3.06. The highest BCUT2D eigenvalue weighted by Gasteiger charge is 2.08. The van der Waals surface area contributed by atoms with Gasteiger partial charge in [-0.1, -0.05) is 0 Å². The van der Waals surface area contributed by atoms with E-state index in [1.54, 1.807) is 0 Å². The first-order valence-electron chi connectivity index (χ1n) is 5.03. The van der Waals surface area contributed by atoms with Crippen molar-refractivity contribution >= 4 is 28.4 Å². The van der Waals surface area contributed by atoms with Crippen molar-refractivity contribution in [2.45, 2.75) is 27.4 Å². The Labute approximate surface area is 104 Å². The van der Waals surface area contributed by atoms with Crippen LogP contribution in [0.25, 0.3) is 0 Å². The Hall–Kier alpha value is -0.430. The minimum Gasteiger partial charge on any atom is -0.374 e. The van der Waals surface area contributed by atoms with Gasteiger partial charge in [0.05, 0.1) is 9.26 Å². The number of ether oxygens (including phenoxy) is 1. The molecule has 15 heavy (non-hydrogen) atoms. The molecule has 0 spiro atoms. The van der Waals surface area contributed by atoms with E-state index < -0.39 is 0 Å². The van der Waals surface area contributed by atoms with Gasteiger partial charge >= 0.3 is 0 Å². The molecule has 84 valence electrons. The van der Waals surface area contributed by atoms with E-state index in [-0.39, 0.29) is 0 Å². The van der Waals surface area contributed by atoms with Crippen LogP contribution in [-0.4, -0.2) is 23.1 Å². The van der Waals surface area contributed by atoms with Crippen LogP contribution in [-0.2, 0) is 11.3 Å². The Morgan fingerprint density at radius 1 is 1.33 bits per heavy atom. The third-order valence-electron chi connectivity index (χ3n) is 1.84. The van der Waals surface area contributed by atoms with E-state index in [0.29, 0.717) is 13.2 Å². The molecule has 1 rings (SSSR count). The van der Waals surface area contributed by atoms with Gasteiger partial charge in [0.15, 0.2) is 5.82 Å². The molecule has 0 saturated carbocycles. The van der Waals surface area contributed by atoms with Crippen LogP contribution in [0.3, 0.4) is 0 Å². The minimum absolute atomic E-state index is 0.479. The van der Waals surface area contributed by atoms with Gasteiger partial charge in [0.2, 0.25) is 0 Å². The molecular weight excluding hydrogens is 305 g/mol. The highest BCUT2D eigenvalue weighted by Crippen LogP contribution is 2.18. The molecular formula is C10H16IN3O. The van der Waals surface area contributed by atoms with E-state index in [4.69, 9.17) is 4.74 Å². The van der Waals surface area contributed by atoms with Crippen molar-refractivity contribution in [3.05, 3.63) is 15.1 Å². The molecule has 0 aliphatic carbocycles. The Morgan fingerprint density at radius 3 is 2.67 bits per heavy atom. The summed E-state index contributed by atoms with van der Waals surface area (Å²) in [6.45, 7) is 8.03. The number of anilines is 1. The molecule has 0 aliphatic heterocycles. The van der Waals surface area contributed by atoms with Gasteiger partial charge in [-0.2, -0.15) is 0 Å². The molecule has 5 heteroatoms. The molecule has 0 radical (unpaired) electrons. The topological polar surface area (TPSA) is 47.0 Å². The summed E-state index contributed by atoms with van der Waals surface area (Å²) in [6.07, 6.45) is 0. The number of hydrogen-bond acceptors (Lipinski definition) is 4. The average molecular weight is 321 g/mol. The zero-order valence-electron chi connectivity index (χ0n) is 9.30. The number of aryl methyl sites for hydroxylation is 1. The van der Waals surface area contributed by atoms with Crippen molar-refractivity contribution in [1.82, 2.24) is 9.97 Å². The SMILES string of the molecule is CCNc1nc(COCC)nc(C)c1I. The maximum Gasteiger partial charge on any atom is 0.156 e. The average Bonchev–Trinajstić information content (AvgIpc) is 2.22. The highest BCUT2D eigenvalue weighted by atomic mass is 127. The predicted molar refractivity (Wildman–Crippen MR) is 69.0 cm³/mol. The summed E-state index contributed by atoms with van der Waals surface area (Å²) in [5, 5.41) is 3.22. The van der Waals surface area contributed by atoms with Crippen LogP contribution in [0.2, 0.25) is 0 Å². The van der Waals surface area contributed by atoms with Gasteiger partial charge < -0.3 is 10.1 Å². The van der Waals surface area contributed by atoms with Gasteiger partial charge in [0, 0.05) is 13.2 Å². The Morgan fingerprint density at radius 2 is 2.07 bits per heavy atom. The summed E-state index contributed by atoms with van der Waals surface area (Å²) < 4.78 is 6.37. The molecule has 1 aromatic heterocycles. The highest BCUT2D eigenvalue weighted by molar-refractivity contribution is 14.1. The Balaban J connectivity index is 2.90. The van der Waals surface area contributed by atoms with Crippen molar-refractivity contribution in [2.24, 2.45) is 0 Å². The lowest BCUT2D eigenvalue weighted by molar-refractivity contribution is 0.128. The van der Waals surface area contributed by atoms with Crippen molar-refractivity contribution in [3.63, 3.8) is 0 Å². The fourth-order valence-electron chi connectivity index (χ4n) is 1.16. The van der Waals surface area contributed by atoms with Crippen molar-refractivity contribution in [3.8, 4) is 0 Å². The first-order valence-corrected chi connectivity index (χ1v) is 6.11. The molecule has 0 unspecified atom stereocenters. The van der Waals surface area contributed by atoms with Gasteiger partial charge in [0.25, 0.3) is 0 Å². The first-order chi connectivity index (χ1) is 7.19. The molecule has 0 fully saturated rings. The third kappa shape index (κ3) is 3.57. The first kappa shape index (κ1) is 12.6. The predicted octanol–water partition coefficient (Wildman–Crippen LogP) is 2.36. The van der Waals surface area contributed by atoms with Crippen LogP contribution in [0, 0.1) is 10.5 Å². The standard InChI is InChI=1S/C10H16IN3O/c1-4-12-10-9(11)7(3)13-8(14-10)6-15-5-2/h4-6H2,1-3H3,(H,12,13,14). The van der Waals surface area contributed by atoms with Crippen LogP contribution in [0.4, 0.5) is 5.82 Å². The van der Waals surface area contributed by atoms with Gasteiger partial charge in [-0.15, -0.1) is 0 Å². The molecule has 1 N–H and O–H groups in total. The molecule has 1 aromatic rings. The quantitative estimate of drug-likeness (QED) is 0.846. The number of nitrogens with one attached hydrogen (secondary N) is 1. The lowest BCUT2D eigenvalue weighted by Crippen LogP contribution is -2.09. The normalized spacial score (nSPS) is 10.4. The maximum absolute atomic E-state index is 5.29. The molecule has 0 amide bonds. The molecule has 4 nitrogen and oxygen atoms in total. The lowest BCUT2D eigenvalue weighted by Gasteiger charge is -2.09. The lowest BCUT2D eigenvalue weighted by atomic mass is 10.4. The Bertz CT molecular complexity index is 331. The van der Waals surface area contributed by atoms with Crippen LogP contribution >= 0.6 is 22.6 Å². The van der Waals surface area contributed by atoms with Crippen LogP contribution < -0.4 is 5.32 Å². The van der Waals surface area contributed by atoms with E-state index in [9.17, 15) is 0 Å². The number of aromatic nitrogens is 2. The monoisotopic (exact) mass is 321 g/mol. The van der Waals surface area contributed by atoms with Gasteiger partial charge in [-0.25, -0.2) is 9.97 Å². The molecule has 0 aliphatic rings. The van der Waals surface area contributed by atoms with E-state index in [0.717, 1.165) is 27.5 Å². The zero-order valence-corrected chi connectivity index (χ0v) is 11.5. The zero-order chi connectivity index (χ0) is 11.3. The summed E-state index contributed by atoms with van der Waals surface area (Å²) in [5.74, 6) is 1.64. The smallest absolute Gasteiger partial charge is 0.156 e. The summed E-state index contributed by atoms with van der Waals surface area (Å²) in [6, 6.07) is 0. The van der Waals surface area contributed by atoms with Gasteiger partial charge in [0.1, 0.15) is 12.4 Å². The van der Waals surface area contributed by atoms with Gasteiger partial charge in [-0.3, -0.25) is 0 Å². The van der Waals surface area contributed by atoms with E-state index in [1.165, 1.54) is 0 Å².